The normalized spacial score (nSPS) is 19.2. The van der Waals surface area contributed by atoms with Crippen LogP contribution in [0.4, 0.5) is 5.69 Å². The lowest BCUT2D eigenvalue weighted by atomic mass is 9.76. The minimum absolute atomic E-state index is 0.249. The Labute approximate surface area is 217 Å². The first-order chi connectivity index (χ1) is 18.0. The van der Waals surface area contributed by atoms with Crippen LogP contribution in [-0.2, 0) is 11.8 Å². The van der Waals surface area contributed by atoms with E-state index in [4.69, 9.17) is 14.2 Å². The molecule has 7 nitrogen and oxygen atoms in total. The minimum atomic E-state index is -0.376. The molecule has 2 heterocycles. The Hall–Kier alpha value is -4.26. The summed E-state index contributed by atoms with van der Waals surface area (Å²) in [7, 11) is 1.69. The van der Waals surface area contributed by atoms with E-state index in [0.717, 1.165) is 47.2 Å². The second-order valence-electron chi connectivity index (χ2n) is 9.25. The van der Waals surface area contributed by atoms with Gasteiger partial charge in [0.05, 0.1) is 7.11 Å². The number of fused-ring (bicyclic) bond motifs is 2. The molecular formula is C30H31N3O4. The van der Waals surface area contributed by atoms with Crippen molar-refractivity contribution in [2.75, 3.05) is 31.8 Å². The molecule has 5 rings (SSSR count). The second kappa shape index (κ2) is 10.4. The molecule has 0 bridgehead atoms. The zero-order valence-corrected chi connectivity index (χ0v) is 21.4. The predicted molar refractivity (Wildman–Crippen MR) is 145 cm³/mol. The Bertz CT molecular complexity index is 1350. The second-order valence-corrected chi connectivity index (χ2v) is 9.25. The Kier molecular flexibility index (Phi) is 6.86. The van der Waals surface area contributed by atoms with Crippen LogP contribution in [0, 0.1) is 0 Å². The number of hydrogen-bond acceptors (Lipinski definition) is 6. The van der Waals surface area contributed by atoms with E-state index in [0.29, 0.717) is 18.8 Å². The molecular weight excluding hydrogens is 466 g/mol. The van der Waals surface area contributed by atoms with Gasteiger partial charge < -0.3 is 19.1 Å². The molecule has 3 aromatic rings. The van der Waals surface area contributed by atoms with Crippen molar-refractivity contribution in [1.82, 2.24) is 5.43 Å². The molecule has 0 aliphatic carbocycles. The summed E-state index contributed by atoms with van der Waals surface area (Å²) in [5.41, 5.74) is 7.35. The first kappa shape index (κ1) is 24.4. The van der Waals surface area contributed by atoms with Crippen molar-refractivity contribution in [3.63, 3.8) is 0 Å². The van der Waals surface area contributed by atoms with Gasteiger partial charge in [0.2, 0.25) is 0 Å². The average Bonchev–Trinajstić information content (AvgIpc) is 3.17. The highest BCUT2D eigenvalue weighted by Crippen LogP contribution is 2.51. The lowest BCUT2D eigenvalue weighted by molar-refractivity contribution is 0.0955. The van der Waals surface area contributed by atoms with Crippen LogP contribution in [0.2, 0.25) is 0 Å². The SMILES string of the molecule is CCN1/C(=C\C=N\NC(=O)c2ccccc2)C(C)(Cc2ccc3c(c2)OCCO3)c2cc(OC)ccc21. The van der Waals surface area contributed by atoms with Crippen molar-refractivity contribution < 1.29 is 19.0 Å². The molecule has 3 aromatic carbocycles. The Morgan fingerprint density at radius 1 is 1.08 bits per heavy atom. The average molecular weight is 498 g/mol. The highest BCUT2D eigenvalue weighted by molar-refractivity contribution is 5.94. The topological polar surface area (TPSA) is 72.4 Å². The van der Waals surface area contributed by atoms with E-state index >= 15 is 0 Å². The fourth-order valence-corrected chi connectivity index (χ4v) is 5.15. The number of amides is 1. The van der Waals surface area contributed by atoms with Gasteiger partial charge in [-0.05, 0) is 79.9 Å². The molecule has 1 atom stereocenters. The number of benzene rings is 3. The van der Waals surface area contributed by atoms with Crippen molar-refractivity contribution >= 4 is 17.8 Å². The zero-order chi connectivity index (χ0) is 25.8. The number of likely N-dealkylation sites (N-methyl/N-ethyl adjacent to an activating group) is 1. The fraction of sp³-hybridized carbons (Fsp3) is 0.267. The smallest absolute Gasteiger partial charge is 0.271 e. The maximum absolute atomic E-state index is 12.4. The summed E-state index contributed by atoms with van der Waals surface area (Å²) >= 11 is 0. The highest BCUT2D eigenvalue weighted by atomic mass is 16.6. The summed E-state index contributed by atoms with van der Waals surface area (Å²) in [5, 5.41) is 4.22. The maximum atomic E-state index is 12.4. The largest absolute Gasteiger partial charge is 0.497 e. The Morgan fingerprint density at radius 2 is 1.86 bits per heavy atom. The van der Waals surface area contributed by atoms with Gasteiger partial charge in [-0.3, -0.25) is 4.79 Å². The third-order valence-electron chi connectivity index (χ3n) is 6.93. The molecule has 1 unspecified atom stereocenters. The van der Waals surface area contributed by atoms with Crippen molar-refractivity contribution in [2.24, 2.45) is 5.10 Å². The Balaban J connectivity index is 1.49. The molecule has 0 spiro atoms. The van der Waals surface area contributed by atoms with Crippen molar-refractivity contribution in [3.8, 4) is 17.2 Å². The van der Waals surface area contributed by atoms with Crippen LogP contribution in [-0.4, -0.2) is 39.0 Å². The standard InChI is InChI=1S/C30H31N3O4/c1-4-33-25-12-11-23(35-3)19-24(25)30(2,20-21-10-13-26-27(18-21)37-17-16-36-26)28(33)14-15-31-32-29(34)22-8-6-5-7-9-22/h5-15,18-19H,4,16-17,20H2,1-3H3,(H,32,34)/b28-14-,31-15+. The number of anilines is 1. The number of allylic oxidation sites excluding steroid dienone is 2. The van der Waals surface area contributed by atoms with E-state index in [1.165, 1.54) is 5.56 Å². The molecule has 0 radical (unpaired) electrons. The quantitative estimate of drug-likeness (QED) is 0.363. The van der Waals surface area contributed by atoms with E-state index in [2.05, 4.69) is 53.5 Å². The zero-order valence-electron chi connectivity index (χ0n) is 21.4. The van der Waals surface area contributed by atoms with Crippen molar-refractivity contribution in [1.29, 1.82) is 0 Å². The number of rotatable bonds is 7. The molecule has 190 valence electrons. The molecule has 1 amide bonds. The summed E-state index contributed by atoms with van der Waals surface area (Å²) < 4.78 is 17.1. The molecule has 7 heteroatoms. The van der Waals surface area contributed by atoms with Gasteiger partial charge >= 0.3 is 0 Å². The molecule has 2 aliphatic heterocycles. The monoisotopic (exact) mass is 497 g/mol. The van der Waals surface area contributed by atoms with Gasteiger partial charge in [-0.15, -0.1) is 0 Å². The summed E-state index contributed by atoms with van der Waals surface area (Å²) in [5.74, 6) is 2.12. The molecule has 0 aromatic heterocycles. The number of ether oxygens (including phenoxy) is 3. The minimum Gasteiger partial charge on any atom is -0.497 e. The van der Waals surface area contributed by atoms with E-state index in [1.807, 2.05) is 36.4 Å². The van der Waals surface area contributed by atoms with E-state index in [1.54, 1.807) is 25.5 Å². The number of methoxy groups -OCH3 is 1. The van der Waals surface area contributed by atoms with Crippen LogP contribution >= 0.6 is 0 Å². The molecule has 2 aliphatic rings. The number of hydrogen-bond donors (Lipinski definition) is 1. The van der Waals surface area contributed by atoms with Gasteiger partial charge in [0.15, 0.2) is 11.5 Å². The lowest BCUT2D eigenvalue weighted by Crippen LogP contribution is -2.31. The van der Waals surface area contributed by atoms with Gasteiger partial charge in [0.1, 0.15) is 19.0 Å². The molecule has 1 N–H and O–H groups in total. The Morgan fingerprint density at radius 3 is 2.62 bits per heavy atom. The van der Waals surface area contributed by atoms with Gasteiger partial charge in [-0.25, -0.2) is 5.43 Å². The van der Waals surface area contributed by atoms with Gasteiger partial charge in [-0.1, -0.05) is 24.3 Å². The molecule has 0 saturated heterocycles. The van der Waals surface area contributed by atoms with Crippen LogP contribution in [0.5, 0.6) is 17.2 Å². The lowest BCUT2D eigenvalue weighted by Gasteiger charge is -2.30. The van der Waals surface area contributed by atoms with Crippen LogP contribution in [0.3, 0.4) is 0 Å². The van der Waals surface area contributed by atoms with E-state index < -0.39 is 0 Å². The molecule has 0 fully saturated rings. The number of nitrogens with one attached hydrogen (secondary N) is 1. The van der Waals surface area contributed by atoms with E-state index in [-0.39, 0.29) is 11.3 Å². The van der Waals surface area contributed by atoms with E-state index in [9.17, 15) is 4.79 Å². The van der Waals surface area contributed by atoms with Gasteiger partial charge in [0, 0.05) is 35.1 Å². The molecule has 0 saturated carbocycles. The van der Waals surface area contributed by atoms with Gasteiger partial charge in [-0.2, -0.15) is 5.10 Å². The number of carbonyl (C=O) groups is 1. The number of nitrogens with zero attached hydrogens (tertiary/aromatic N) is 2. The summed E-state index contributed by atoms with van der Waals surface area (Å²) in [6.45, 7) is 6.27. The summed E-state index contributed by atoms with van der Waals surface area (Å²) in [6.07, 6.45) is 4.37. The van der Waals surface area contributed by atoms with Crippen LogP contribution in [0.1, 0.15) is 35.3 Å². The third-order valence-corrected chi connectivity index (χ3v) is 6.93. The fourth-order valence-electron chi connectivity index (χ4n) is 5.15. The van der Waals surface area contributed by atoms with Crippen LogP contribution in [0.25, 0.3) is 0 Å². The summed E-state index contributed by atoms with van der Waals surface area (Å²) in [4.78, 5) is 14.7. The highest BCUT2D eigenvalue weighted by Gasteiger charge is 2.43. The van der Waals surface area contributed by atoms with Crippen LogP contribution < -0.4 is 24.5 Å². The number of carbonyl (C=O) groups excluding carboxylic acids is 1. The first-order valence-electron chi connectivity index (χ1n) is 12.5. The summed E-state index contributed by atoms with van der Waals surface area (Å²) in [6, 6.07) is 21.4. The van der Waals surface area contributed by atoms with Crippen molar-refractivity contribution in [3.05, 3.63) is 95.2 Å². The van der Waals surface area contributed by atoms with Gasteiger partial charge in [0.25, 0.3) is 5.91 Å². The third kappa shape index (κ3) is 4.77. The predicted octanol–water partition coefficient (Wildman–Crippen LogP) is 5.11. The maximum Gasteiger partial charge on any atom is 0.271 e. The van der Waals surface area contributed by atoms with Crippen LogP contribution in [0.15, 0.2) is 83.6 Å². The molecule has 37 heavy (non-hydrogen) atoms. The first-order valence-corrected chi connectivity index (χ1v) is 12.5. The number of hydrazone groups is 1. The van der Waals surface area contributed by atoms with Crippen molar-refractivity contribution in [2.45, 2.75) is 25.7 Å².